The molecule has 0 bridgehead atoms. The molecule has 0 fully saturated rings. The van der Waals surface area contributed by atoms with Crippen molar-refractivity contribution in [2.75, 3.05) is 0 Å². The van der Waals surface area contributed by atoms with Crippen LogP contribution >= 0.6 is 23.5 Å². The number of aliphatic carboxylic acids is 2. The molecule has 0 aromatic heterocycles. The second kappa shape index (κ2) is 17.8. The van der Waals surface area contributed by atoms with Crippen LogP contribution < -0.4 is 0 Å². The molecule has 18 heavy (non-hydrogen) atoms. The Labute approximate surface area is 114 Å². The van der Waals surface area contributed by atoms with E-state index in [0.29, 0.717) is 0 Å². The zero-order valence-corrected chi connectivity index (χ0v) is 11.2. The van der Waals surface area contributed by atoms with E-state index >= 15 is 0 Å². The van der Waals surface area contributed by atoms with E-state index in [1.807, 2.05) is 0 Å². The lowest BCUT2D eigenvalue weighted by Gasteiger charge is -1.79. The van der Waals surface area contributed by atoms with Crippen LogP contribution in [-0.4, -0.2) is 38.7 Å². The number of hydrogen-bond acceptors (Lipinski definition) is 6. The highest BCUT2D eigenvalue weighted by atomic mass is 35.5. The first-order valence-corrected chi connectivity index (χ1v) is 5.16. The predicted molar refractivity (Wildman–Crippen MR) is 66.4 cm³/mol. The van der Waals surface area contributed by atoms with Crippen molar-refractivity contribution < 1.29 is 29.4 Å². The van der Waals surface area contributed by atoms with E-state index < -0.39 is 11.9 Å². The third-order valence-electron chi connectivity index (χ3n) is 0.891. The Morgan fingerprint density at radius 1 is 1.22 bits per heavy atom. The SMILES string of the molecule is CCC(=O)O.CCC(=O)O.ON=CC(Cl)=NOCl. The minimum absolute atomic E-state index is 0.137. The van der Waals surface area contributed by atoms with Gasteiger partial charge in [-0.05, 0) is 5.16 Å². The van der Waals surface area contributed by atoms with Crippen molar-refractivity contribution in [1.82, 2.24) is 0 Å². The number of rotatable bonds is 4. The summed E-state index contributed by atoms with van der Waals surface area (Å²) in [7, 11) is 0. The summed E-state index contributed by atoms with van der Waals surface area (Å²) in [6.07, 6.45) is 1.31. The Kier molecular flexibility index (Phi) is 21.5. The Hall–Kier alpha value is -1.54. The summed E-state index contributed by atoms with van der Waals surface area (Å²) in [4.78, 5) is 18.7. The fourth-order valence-corrected chi connectivity index (χ4v) is 0.292. The largest absolute Gasteiger partial charge is 0.481 e. The number of carboxylic acid groups (broad SMARTS) is 2. The van der Waals surface area contributed by atoms with E-state index in [1.165, 1.54) is 0 Å². The van der Waals surface area contributed by atoms with E-state index in [4.69, 9.17) is 27.0 Å². The highest BCUT2D eigenvalue weighted by molar-refractivity contribution is 6.79. The summed E-state index contributed by atoms with van der Waals surface area (Å²) in [5, 5.41) is 28.6. The van der Waals surface area contributed by atoms with E-state index in [0.717, 1.165) is 6.21 Å². The monoisotopic (exact) mass is 304 g/mol. The fourth-order valence-electron chi connectivity index (χ4n) is 0.104. The normalized spacial score (nSPS) is 9.67. The number of oxime groups is 2. The van der Waals surface area contributed by atoms with Gasteiger partial charge in [0.2, 0.25) is 0 Å². The quantitative estimate of drug-likeness (QED) is 0.414. The molecule has 3 N–H and O–H groups in total. The maximum atomic E-state index is 9.37. The van der Waals surface area contributed by atoms with Crippen molar-refractivity contribution in [3.8, 4) is 0 Å². The van der Waals surface area contributed by atoms with Gasteiger partial charge in [-0.15, -0.1) is 0 Å². The Morgan fingerprint density at radius 2 is 1.56 bits per heavy atom. The number of hydrogen-bond donors (Lipinski definition) is 3. The number of halogens is 2. The van der Waals surface area contributed by atoms with Crippen molar-refractivity contribution in [3.63, 3.8) is 0 Å². The highest BCUT2D eigenvalue weighted by Gasteiger charge is 1.85. The molecule has 0 saturated carbocycles. The molecule has 0 rings (SSSR count). The van der Waals surface area contributed by atoms with Gasteiger partial charge in [0.15, 0.2) is 17.0 Å². The topological polar surface area (TPSA) is 129 Å². The maximum Gasteiger partial charge on any atom is 0.303 e. The van der Waals surface area contributed by atoms with E-state index in [1.54, 1.807) is 13.8 Å². The van der Waals surface area contributed by atoms with E-state index in [-0.39, 0.29) is 18.0 Å². The molecule has 0 aromatic rings. The molecule has 0 aromatic carbocycles. The van der Waals surface area contributed by atoms with Gasteiger partial charge < -0.3 is 15.4 Å². The molecule has 0 atom stereocenters. The standard InChI is InChI=1S/2C3H6O2.C2H2Cl2N2O2/c2*1-2-3(4)5;3-2(1-5-7)6-8-4/h2*2H2,1H3,(H,4,5);1,7H. The maximum absolute atomic E-state index is 9.37. The molecule has 10 heteroatoms. The zero-order chi connectivity index (χ0) is 15.0. The fraction of sp³-hybridized carbons (Fsp3) is 0.500. The summed E-state index contributed by atoms with van der Waals surface area (Å²) in [6.45, 7) is 3.20. The van der Waals surface area contributed by atoms with Crippen molar-refractivity contribution >= 4 is 46.8 Å². The molecule has 0 aliphatic carbocycles. The van der Waals surface area contributed by atoms with Crippen LogP contribution in [0.15, 0.2) is 10.3 Å². The van der Waals surface area contributed by atoms with Gasteiger partial charge >= 0.3 is 11.9 Å². The number of carboxylic acids is 2. The summed E-state index contributed by atoms with van der Waals surface area (Å²) < 4.78 is 3.68. The minimum Gasteiger partial charge on any atom is -0.481 e. The summed E-state index contributed by atoms with van der Waals surface area (Å²) in [6, 6.07) is 0. The molecule has 0 radical (unpaired) electrons. The van der Waals surface area contributed by atoms with Crippen LogP contribution in [0.1, 0.15) is 26.7 Å². The van der Waals surface area contributed by atoms with Gasteiger partial charge in [-0.1, -0.05) is 30.6 Å². The molecular formula is C8H14Cl2N2O6. The zero-order valence-electron chi connectivity index (χ0n) is 9.71. The van der Waals surface area contributed by atoms with Gasteiger partial charge in [-0.3, -0.25) is 14.0 Å². The molecule has 0 aliphatic heterocycles. The van der Waals surface area contributed by atoms with Gasteiger partial charge in [0, 0.05) is 12.8 Å². The molecule has 0 saturated heterocycles. The number of nitrogens with zero attached hydrogens (tertiary/aromatic N) is 2. The third kappa shape index (κ3) is 36.6. The van der Waals surface area contributed by atoms with Crippen molar-refractivity contribution in [2.45, 2.75) is 26.7 Å². The average molecular weight is 305 g/mol. The molecule has 0 heterocycles. The summed E-state index contributed by atoms with van der Waals surface area (Å²) in [5.74, 6) is -1.49. The second-order valence-electron chi connectivity index (χ2n) is 2.22. The first kappa shape index (κ1) is 21.7. The summed E-state index contributed by atoms with van der Waals surface area (Å²) in [5.41, 5.74) is 0. The van der Waals surface area contributed by atoms with Crippen LogP contribution in [0.25, 0.3) is 0 Å². The van der Waals surface area contributed by atoms with Gasteiger partial charge in [-0.25, -0.2) is 0 Å². The first-order valence-electron chi connectivity index (χ1n) is 4.47. The van der Waals surface area contributed by atoms with Crippen LogP contribution in [0.3, 0.4) is 0 Å². The van der Waals surface area contributed by atoms with Crippen LogP contribution in [-0.2, 0) is 14.0 Å². The molecule has 0 aliphatic rings. The van der Waals surface area contributed by atoms with Crippen LogP contribution in [0, 0.1) is 0 Å². The molecule has 0 amide bonds. The van der Waals surface area contributed by atoms with Crippen molar-refractivity contribution in [3.05, 3.63) is 0 Å². The van der Waals surface area contributed by atoms with Crippen LogP contribution in [0.4, 0.5) is 0 Å². The molecule has 0 unspecified atom stereocenters. The highest BCUT2D eigenvalue weighted by Crippen LogP contribution is 1.86. The Morgan fingerprint density at radius 3 is 1.72 bits per heavy atom. The molecular weight excluding hydrogens is 291 g/mol. The lowest BCUT2D eigenvalue weighted by Crippen LogP contribution is -1.86. The smallest absolute Gasteiger partial charge is 0.303 e. The predicted octanol–water partition coefficient (Wildman–Crippen LogP) is 2.13. The Bertz CT molecular complexity index is 269. The molecule has 106 valence electrons. The first-order chi connectivity index (χ1) is 8.35. The third-order valence-corrected chi connectivity index (χ3v) is 1.13. The van der Waals surface area contributed by atoms with Gasteiger partial charge in [-0.2, -0.15) is 0 Å². The van der Waals surface area contributed by atoms with E-state index in [2.05, 4.69) is 26.6 Å². The second-order valence-corrected chi connectivity index (χ2v) is 2.75. The lowest BCUT2D eigenvalue weighted by atomic mass is 10.5. The van der Waals surface area contributed by atoms with Crippen molar-refractivity contribution in [2.24, 2.45) is 10.3 Å². The molecule has 0 spiro atoms. The van der Waals surface area contributed by atoms with Gasteiger partial charge in [0.05, 0.1) is 0 Å². The van der Waals surface area contributed by atoms with Crippen LogP contribution in [0.2, 0.25) is 0 Å². The molecule has 8 nitrogen and oxygen atoms in total. The van der Waals surface area contributed by atoms with Crippen LogP contribution in [0.5, 0.6) is 0 Å². The van der Waals surface area contributed by atoms with Gasteiger partial charge in [0.25, 0.3) is 0 Å². The van der Waals surface area contributed by atoms with Crippen molar-refractivity contribution in [1.29, 1.82) is 0 Å². The summed E-state index contributed by atoms with van der Waals surface area (Å²) >= 11 is 9.73. The lowest BCUT2D eigenvalue weighted by molar-refractivity contribution is -0.137. The Balaban J connectivity index is -0.000000197. The minimum atomic E-state index is -0.745. The average Bonchev–Trinajstić information content (AvgIpc) is 2.31. The van der Waals surface area contributed by atoms with E-state index in [9.17, 15) is 9.59 Å². The van der Waals surface area contributed by atoms with Gasteiger partial charge in [0.1, 0.15) is 6.21 Å². The number of carbonyl (C=O) groups is 2.